The highest BCUT2D eigenvalue weighted by molar-refractivity contribution is 6.09. The molecule has 2 aliphatic carbocycles. The molecule has 0 amide bonds. The molecule has 1 nitrogen and oxygen atoms in total. The Hall–Kier alpha value is -6.18. The summed E-state index contributed by atoms with van der Waals surface area (Å²) in [5.74, 6) is 0. The SMILES string of the molecule is C=C/C=C\C(=C/C)c1ccc(C2(c3ccc(-c4cccc5c4oc4ccccc45)cc3)C3=C(C=C(c4ccc(C)cc4)CC3)c3ccccc32)cc1. The summed E-state index contributed by atoms with van der Waals surface area (Å²) in [7, 11) is 0. The van der Waals surface area contributed by atoms with Crippen LogP contribution in [-0.4, -0.2) is 0 Å². The summed E-state index contributed by atoms with van der Waals surface area (Å²) < 4.78 is 6.46. The van der Waals surface area contributed by atoms with Crippen molar-refractivity contribution in [2.75, 3.05) is 0 Å². The van der Waals surface area contributed by atoms with Gasteiger partial charge in [-0.2, -0.15) is 0 Å². The molecule has 0 N–H and O–H groups in total. The number of para-hydroxylation sites is 2. The number of furan rings is 1. The highest BCUT2D eigenvalue weighted by atomic mass is 16.3. The van der Waals surface area contributed by atoms with Crippen LogP contribution >= 0.6 is 0 Å². The zero-order valence-corrected chi connectivity index (χ0v) is 29.7. The summed E-state index contributed by atoms with van der Waals surface area (Å²) >= 11 is 0. The predicted octanol–water partition coefficient (Wildman–Crippen LogP) is 13.7. The van der Waals surface area contributed by atoms with E-state index < -0.39 is 5.41 Å². The molecule has 7 aromatic rings. The van der Waals surface area contributed by atoms with Crippen LogP contribution in [0.1, 0.15) is 58.7 Å². The van der Waals surface area contributed by atoms with E-state index in [0.717, 1.165) is 45.9 Å². The maximum absolute atomic E-state index is 6.46. The standard InChI is InChI=1S/C51H40O/c1-4-6-12-35(5-2)36-23-28-40(29-24-36)51(41-30-25-38(26-31-41)42-15-11-16-45-44-14-8-10-18-49(44)52-50(42)45)47-17-9-7-13-43(47)46-33-39(27-32-48(46)51)37-21-19-34(3)20-22-37/h4-26,28-31,33H,1,27,32H2,2-3H3/b12-6-,35-5+. The molecule has 1 heteroatoms. The van der Waals surface area contributed by atoms with E-state index in [1.54, 1.807) is 0 Å². The van der Waals surface area contributed by atoms with E-state index in [2.05, 4.69) is 172 Å². The van der Waals surface area contributed by atoms with Crippen LogP contribution in [-0.2, 0) is 5.41 Å². The zero-order chi connectivity index (χ0) is 35.2. The van der Waals surface area contributed by atoms with Gasteiger partial charge in [0.2, 0.25) is 0 Å². The maximum Gasteiger partial charge on any atom is 0.143 e. The zero-order valence-electron chi connectivity index (χ0n) is 29.7. The Kier molecular flexibility index (Phi) is 7.86. The van der Waals surface area contributed by atoms with Gasteiger partial charge < -0.3 is 4.42 Å². The smallest absolute Gasteiger partial charge is 0.143 e. The number of aryl methyl sites for hydroxylation is 1. The fourth-order valence-electron chi connectivity index (χ4n) is 8.70. The van der Waals surface area contributed by atoms with Crippen LogP contribution < -0.4 is 0 Å². The number of hydrogen-bond donors (Lipinski definition) is 0. The fraction of sp³-hybridized carbons (Fsp3) is 0.0980. The van der Waals surface area contributed by atoms with E-state index in [9.17, 15) is 0 Å². The molecule has 2 aliphatic rings. The second-order valence-electron chi connectivity index (χ2n) is 14.0. The Bertz CT molecular complexity index is 2620. The molecule has 1 aromatic heterocycles. The Labute approximate surface area is 306 Å². The van der Waals surface area contributed by atoms with E-state index in [1.165, 1.54) is 61.2 Å². The van der Waals surface area contributed by atoms with Gasteiger partial charge in [0.15, 0.2) is 0 Å². The summed E-state index contributed by atoms with van der Waals surface area (Å²) in [6, 6.07) is 51.5. The van der Waals surface area contributed by atoms with Gasteiger partial charge in [-0.1, -0.05) is 176 Å². The summed E-state index contributed by atoms with van der Waals surface area (Å²) in [5, 5.41) is 2.30. The van der Waals surface area contributed by atoms with Crippen LogP contribution in [0.25, 0.3) is 49.8 Å². The van der Waals surface area contributed by atoms with Gasteiger partial charge >= 0.3 is 0 Å². The summed E-state index contributed by atoms with van der Waals surface area (Å²) in [5.41, 5.74) is 18.1. The van der Waals surface area contributed by atoms with Gasteiger partial charge in [0.25, 0.3) is 0 Å². The first-order valence-corrected chi connectivity index (χ1v) is 18.3. The topological polar surface area (TPSA) is 13.1 Å². The third-order valence-corrected chi connectivity index (χ3v) is 11.2. The molecule has 0 bridgehead atoms. The van der Waals surface area contributed by atoms with E-state index in [-0.39, 0.29) is 0 Å². The lowest BCUT2D eigenvalue weighted by molar-refractivity contribution is 0.670. The average Bonchev–Trinajstić information content (AvgIpc) is 3.73. The Balaban J connectivity index is 1.24. The second kappa shape index (κ2) is 12.9. The molecule has 250 valence electrons. The van der Waals surface area contributed by atoms with Crippen LogP contribution in [0.2, 0.25) is 0 Å². The van der Waals surface area contributed by atoms with Crippen LogP contribution in [0.15, 0.2) is 186 Å². The van der Waals surface area contributed by atoms with Crippen molar-refractivity contribution in [3.05, 3.63) is 221 Å². The predicted molar refractivity (Wildman–Crippen MR) is 220 cm³/mol. The van der Waals surface area contributed by atoms with Gasteiger partial charge in [0.05, 0.1) is 5.41 Å². The van der Waals surface area contributed by atoms with Crippen molar-refractivity contribution in [3.8, 4) is 11.1 Å². The van der Waals surface area contributed by atoms with Gasteiger partial charge in [0.1, 0.15) is 11.2 Å². The molecule has 1 unspecified atom stereocenters. The van der Waals surface area contributed by atoms with Crippen molar-refractivity contribution in [1.82, 2.24) is 0 Å². The van der Waals surface area contributed by atoms with Crippen LogP contribution in [0, 0.1) is 6.92 Å². The third kappa shape index (κ3) is 5.00. The van der Waals surface area contributed by atoms with E-state index in [1.807, 2.05) is 18.2 Å². The molecule has 0 saturated carbocycles. The van der Waals surface area contributed by atoms with Crippen molar-refractivity contribution in [2.45, 2.75) is 32.1 Å². The lowest BCUT2D eigenvalue weighted by Gasteiger charge is -2.37. The molecule has 0 radical (unpaired) electrons. The highest BCUT2D eigenvalue weighted by Gasteiger charge is 2.47. The number of rotatable bonds is 7. The maximum atomic E-state index is 6.46. The van der Waals surface area contributed by atoms with Crippen LogP contribution in [0.3, 0.4) is 0 Å². The second-order valence-corrected chi connectivity index (χ2v) is 14.0. The van der Waals surface area contributed by atoms with Crippen LogP contribution in [0.5, 0.6) is 0 Å². The monoisotopic (exact) mass is 668 g/mol. The van der Waals surface area contributed by atoms with Crippen molar-refractivity contribution in [2.24, 2.45) is 0 Å². The van der Waals surface area contributed by atoms with Gasteiger partial charge in [-0.25, -0.2) is 0 Å². The Morgan fingerprint density at radius 1 is 0.673 bits per heavy atom. The normalized spacial score (nSPS) is 17.1. The summed E-state index contributed by atoms with van der Waals surface area (Å²) in [4.78, 5) is 0. The molecular formula is C51H40O. The number of hydrogen-bond acceptors (Lipinski definition) is 1. The minimum atomic E-state index is -0.434. The lowest BCUT2D eigenvalue weighted by atomic mass is 9.65. The largest absolute Gasteiger partial charge is 0.455 e. The minimum absolute atomic E-state index is 0.434. The Morgan fingerprint density at radius 3 is 2.12 bits per heavy atom. The lowest BCUT2D eigenvalue weighted by Crippen LogP contribution is -2.30. The van der Waals surface area contributed by atoms with Gasteiger partial charge in [0, 0.05) is 16.3 Å². The molecule has 9 rings (SSSR count). The fourth-order valence-corrected chi connectivity index (χ4v) is 8.70. The van der Waals surface area contributed by atoms with Gasteiger partial charge in [-0.15, -0.1) is 0 Å². The van der Waals surface area contributed by atoms with Crippen LogP contribution in [0.4, 0.5) is 0 Å². The van der Waals surface area contributed by atoms with E-state index >= 15 is 0 Å². The minimum Gasteiger partial charge on any atom is -0.455 e. The van der Waals surface area contributed by atoms with Gasteiger partial charge in [-0.05, 0) is 94.0 Å². The first-order valence-electron chi connectivity index (χ1n) is 18.3. The summed E-state index contributed by atoms with van der Waals surface area (Å²) in [6.45, 7) is 8.13. The van der Waals surface area contributed by atoms with E-state index in [0.29, 0.717) is 0 Å². The summed E-state index contributed by atoms with van der Waals surface area (Å²) in [6.07, 6.45) is 12.6. The number of fused-ring (bicyclic) bond motifs is 5. The molecule has 0 spiro atoms. The molecule has 1 heterocycles. The van der Waals surface area contributed by atoms with Gasteiger partial charge in [-0.3, -0.25) is 0 Å². The van der Waals surface area contributed by atoms with Crippen molar-refractivity contribution >= 4 is 38.7 Å². The third-order valence-electron chi connectivity index (χ3n) is 11.2. The first-order chi connectivity index (χ1) is 25.6. The molecule has 6 aromatic carbocycles. The molecule has 52 heavy (non-hydrogen) atoms. The number of allylic oxidation sites excluding steroid dienone is 9. The van der Waals surface area contributed by atoms with Crippen molar-refractivity contribution < 1.29 is 4.42 Å². The molecule has 1 atom stereocenters. The molecule has 0 aliphatic heterocycles. The average molecular weight is 669 g/mol. The molecule has 0 saturated heterocycles. The molecule has 0 fully saturated rings. The molecular weight excluding hydrogens is 629 g/mol. The first kappa shape index (κ1) is 31.8. The van der Waals surface area contributed by atoms with Crippen molar-refractivity contribution in [3.63, 3.8) is 0 Å². The van der Waals surface area contributed by atoms with E-state index in [4.69, 9.17) is 4.42 Å². The highest BCUT2D eigenvalue weighted by Crippen LogP contribution is 2.58. The Morgan fingerprint density at radius 2 is 1.35 bits per heavy atom. The quantitative estimate of drug-likeness (QED) is 0.154. The van der Waals surface area contributed by atoms with Crippen molar-refractivity contribution in [1.29, 1.82) is 0 Å². The number of benzene rings is 6.